The van der Waals surface area contributed by atoms with Gasteiger partial charge in [-0.15, -0.1) is 22.7 Å². The molecule has 2 aromatic heterocycles. The molecule has 1 unspecified atom stereocenters. The van der Waals surface area contributed by atoms with E-state index in [1.807, 2.05) is 0 Å². The van der Waals surface area contributed by atoms with Crippen molar-refractivity contribution in [2.24, 2.45) is 5.73 Å². The standard InChI is InChI=1S/C14H11BrFNS2/c15-9-1-2-10(16)8(5-9)6-11(17)13-7-14-12(19-13)3-4-18-14/h1-5,7,11H,6,17H2. The second kappa shape index (κ2) is 5.32. The van der Waals surface area contributed by atoms with Crippen LogP contribution in [0.2, 0.25) is 0 Å². The van der Waals surface area contributed by atoms with Crippen molar-refractivity contribution in [1.82, 2.24) is 0 Å². The number of nitrogens with two attached hydrogens (primary N) is 1. The molecule has 2 N–H and O–H groups in total. The van der Waals surface area contributed by atoms with Crippen LogP contribution in [0, 0.1) is 5.82 Å². The number of hydrogen-bond acceptors (Lipinski definition) is 3. The van der Waals surface area contributed by atoms with E-state index in [0.29, 0.717) is 12.0 Å². The van der Waals surface area contributed by atoms with E-state index in [-0.39, 0.29) is 11.9 Å². The summed E-state index contributed by atoms with van der Waals surface area (Å²) in [5, 5.41) is 2.07. The Balaban J connectivity index is 1.86. The average Bonchev–Trinajstić information content (AvgIpc) is 2.94. The first kappa shape index (κ1) is 13.2. The van der Waals surface area contributed by atoms with Crippen LogP contribution in [0.4, 0.5) is 4.39 Å². The summed E-state index contributed by atoms with van der Waals surface area (Å²) in [6.45, 7) is 0. The van der Waals surface area contributed by atoms with Crippen LogP contribution in [-0.2, 0) is 6.42 Å². The summed E-state index contributed by atoms with van der Waals surface area (Å²) in [6.07, 6.45) is 0.513. The fraction of sp³-hybridized carbons (Fsp3) is 0.143. The molecule has 0 saturated carbocycles. The average molecular weight is 356 g/mol. The van der Waals surface area contributed by atoms with Crippen molar-refractivity contribution in [3.8, 4) is 0 Å². The Kier molecular flexibility index (Phi) is 3.71. The predicted molar refractivity (Wildman–Crippen MR) is 84.4 cm³/mol. The molecule has 1 atom stereocenters. The van der Waals surface area contributed by atoms with E-state index >= 15 is 0 Å². The summed E-state index contributed by atoms with van der Waals surface area (Å²) in [5.74, 6) is -0.197. The molecule has 1 nitrogen and oxygen atoms in total. The van der Waals surface area contributed by atoms with Crippen LogP contribution in [-0.4, -0.2) is 0 Å². The Bertz CT molecular complexity index is 691. The van der Waals surface area contributed by atoms with Gasteiger partial charge < -0.3 is 5.73 Å². The van der Waals surface area contributed by atoms with E-state index in [9.17, 15) is 4.39 Å². The molecular formula is C14H11BrFNS2. The molecule has 5 heteroatoms. The maximum Gasteiger partial charge on any atom is 0.126 e. The van der Waals surface area contributed by atoms with Gasteiger partial charge in [0.15, 0.2) is 0 Å². The first-order valence-electron chi connectivity index (χ1n) is 5.80. The highest BCUT2D eigenvalue weighted by molar-refractivity contribution is 9.10. The zero-order valence-electron chi connectivity index (χ0n) is 9.90. The number of rotatable bonds is 3. The van der Waals surface area contributed by atoms with Crippen LogP contribution in [0.5, 0.6) is 0 Å². The van der Waals surface area contributed by atoms with Crippen LogP contribution in [0.3, 0.4) is 0 Å². The topological polar surface area (TPSA) is 26.0 Å². The summed E-state index contributed by atoms with van der Waals surface area (Å²) in [6, 6.07) is 9.02. The fourth-order valence-corrected chi connectivity index (χ4v) is 4.53. The molecule has 3 aromatic rings. The summed E-state index contributed by atoms with van der Waals surface area (Å²) in [7, 11) is 0. The van der Waals surface area contributed by atoms with Gasteiger partial charge in [-0.05, 0) is 47.7 Å². The summed E-state index contributed by atoms with van der Waals surface area (Å²) in [5.41, 5.74) is 6.85. The highest BCUT2D eigenvalue weighted by atomic mass is 79.9. The number of fused-ring (bicyclic) bond motifs is 1. The van der Waals surface area contributed by atoms with E-state index < -0.39 is 0 Å². The molecular weight excluding hydrogens is 345 g/mol. The second-order valence-electron chi connectivity index (χ2n) is 4.34. The van der Waals surface area contributed by atoms with Crippen molar-refractivity contribution in [3.05, 3.63) is 56.4 Å². The normalized spacial score (nSPS) is 13.0. The van der Waals surface area contributed by atoms with Crippen molar-refractivity contribution >= 4 is 48.0 Å². The van der Waals surface area contributed by atoms with Gasteiger partial charge >= 0.3 is 0 Å². The maximum absolute atomic E-state index is 13.7. The lowest BCUT2D eigenvalue weighted by Crippen LogP contribution is -2.12. The SMILES string of the molecule is NC(Cc1cc(Br)ccc1F)c1cc2sccc2s1. The number of benzene rings is 1. The van der Waals surface area contributed by atoms with Crippen molar-refractivity contribution < 1.29 is 4.39 Å². The lowest BCUT2D eigenvalue weighted by Gasteiger charge is -2.10. The fourth-order valence-electron chi connectivity index (χ4n) is 2.00. The zero-order chi connectivity index (χ0) is 13.4. The third-order valence-corrected chi connectivity index (χ3v) is 5.69. The minimum Gasteiger partial charge on any atom is -0.323 e. The Labute approximate surface area is 127 Å². The van der Waals surface area contributed by atoms with E-state index in [2.05, 4.69) is 33.4 Å². The van der Waals surface area contributed by atoms with Gasteiger partial charge in [-0.25, -0.2) is 4.39 Å². The Hall–Kier alpha value is -0.750. The lowest BCUT2D eigenvalue weighted by atomic mass is 10.1. The minimum atomic E-state index is -0.197. The molecule has 98 valence electrons. The monoisotopic (exact) mass is 355 g/mol. The van der Waals surface area contributed by atoms with Crippen molar-refractivity contribution in [2.75, 3.05) is 0 Å². The van der Waals surface area contributed by atoms with E-state index in [1.165, 1.54) is 15.5 Å². The first-order chi connectivity index (χ1) is 9.13. The molecule has 3 rings (SSSR count). The smallest absolute Gasteiger partial charge is 0.126 e. The highest BCUT2D eigenvalue weighted by Crippen LogP contribution is 2.34. The number of halogens is 2. The van der Waals surface area contributed by atoms with E-state index in [0.717, 1.165) is 9.35 Å². The van der Waals surface area contributed by atoms with Gasteiger partial charge in [0.1, 0.15) is 5.82 Å². The van der Waals surface area contributed by atoms with Crippen molar-refractivity contribution in [3.63, 3.8) is 0 Å². The van der Waals surface area contributed by atoms with E-state index in [1.54, 1.807) is 34.8 Å². The molecule has 0 aliphatic heterocycles. The zero-order valence-corrected chi connectivity index (χ0v) is 13.1. The predicted octanol–water partition coefficient (Wildman–Crippen LogP) is 5.11. The molecule has 0 fully saturated rings. The number of thiophene rings is 2. The van der Waals surface area contributed by atoms with Crippen LogP contribution in [0.25, 0.3) is 9.40 Å². The highest BCUT2D eigenvalue weighted by Gasteiger charge is 2.14. The van der Waals surface area contributed by atoms with Crippen LogP contribution in [0.15, 0.2) is 40.2 Å². The molecule has 0 radical (unpaired) electrons. The molecule has 1 aromatic carbocycles. The van der Waals surface area contributed by atoms with Gasteiger partial charge in [-0.1, -0.05) is 15.9 Å². The molecule has 0 aliphatic rings. The van der Waals surface area contributed by atoms with Crippen molar-refractivity contribution in [2.45, 2.75) is 12.5 Å². The third kappa shape index (κ3) is 2.74. The van der Waals surface area contributed by atoms with Gasteiger partial charge in [0, 0.05) is 24.8 Å². The maximum atomic E-state index is 13.7. The van der Waals surface area contributed by atoms with Crippen LogP contribution in [0.1, 0.15) is 16.5 Å². The summed E-state index contributed by atoms with van der Waals surface area (Å²) < 4.78 is 17.1. The van der Waals surface area contributed by atoms with Gasteiger partial charge in [0.2, 0.25) is 0 Å². The van der Waals surface area contributed by atoms with Gasteiger partial charge in [-0.3, -0.25) is 0 Å². The molecule has 0 spiro atoms. The third-order valence-electron chi connectivity index (χ3n) is 2.97. The molecule has 19 heavy (non-hydrogen) atoms. The van der Waals surface area contributed by atoms with E-state index in [4.69, 9.17) is 5.73 Å². The molecule has 2 heterocycles. The summed E-state index contributed by atoms with van der Waals surface area (Å²) in [4.78, 5) is 1.11. The minimum absolute atomic E-state index is 0.159. The first-order valence-corrected chi connectivity index (χ1v) is 8.29. The lowest BCUT2D eigenvalue weighted by molar-refractivity contribution is 0.594. The number of hydrogen-bond donors (Lipinski definition) is 1. The Morgan fingerprint density at radius 1 is 1.21 bits per heavy atom. The van der Waals surface area contributed by atoms with Crippen LogP contribution >= 0.6 is 38.6 Å². The van der Waals surface area contributed by atoms with Crippen LogP contribution < -0.4 is 5.73 Å². The van der Waals surface area contributed by atoms with Gasteiger partial charge in [0.05, 0.1) is 0 Å². The quantitative estimate of drug-likeness (QED) is 0.694. The van der Waals surface area contributed by atoms with Crippen molar-refractivity contribution in [1.29, 1.82) is 0 Å². The largest absolute Gasteiger partial charge is 0.323 e. The van der Waals surface area contributed by atoms with Gasteiger partial charge in [0.25, 0.3) is 0 Å². The second-order valence-corrected chi connectivity index (χ2v) is 7.32. The summed E-state index contributed by atoms with van der Waals surface area (Å²) >= 11 is 6.76. The molecule has 0 amide bonds. The molecule has 0 saturated heterocycles. The molecule has 0 bridgehead atoms. The Morgan fingerprint density at radius 2 is 2.05 bits per heavy atom. The molecule has 0 aliphatic carbocycles. The Morgan fingerprint density at radius 3 is 2.84 bits per heavy atom. The van der Waals surface area contributed by atoms with Gasteiger partial charge in [-0.2, -0.15) is 0 Å².